The molecular formula is C17H35NO. The molecule has 1 aliphatic carbocycles. The molecule has 0 spiro atoms. The van der Waals surface area contributed by atoms with Crippen LogP contribution in [0.25, 0.3) is 0 Å². The molecule has 0 heterocycles. The van der Waals surface area contributed by atoms with Crippen molar-refractivity contribution in [2.75, 3.05) is 6.54 Å². The maximum absolute atomic E-state index is 10.0. The van der Waals surface area contributed by atoms with Gasteiger partial charge in [-0.2, -0.15) is 0 Å². The quantitative estimate of drug-likeness (QED) is 0.809. The predicted octanol–water partition coefficient (Wildman–Crippen LogP) is 3.98. The van der Waals surface area contributed by atoms with E-state index in [0.29, 0.717) is 11.5 Å². The Labute approximate surface area is 120 Å². The lowest BCUT2D eigenvalue weighted by atomic mass is 9.71. The van der Waals surface area contributed by atoms with E-state index < -0.39 is 0 Å². The van der Waals surface area contributed by atoms with Crippen LogP contribution in [0.1, 0.15) is 73.6 Å². The lowest BCUT2D eigenvalue weighted by Gasteiger charge is -2.37. The fraction of sp³-hybridized carbons (Fsp3) is 1.00. The lowest BCUT2D eigenvalue weighted by Crippen LogP contribution is -2.40. The number of aliphatic hydroxyl groups is 1. The molecule has 0 saturated heterocycles. The van der Waals surface area contributed by atoms with Gasteiger partial charge in [-0.1, -0.05) is 41.5 Å². The Morgan fingerprint density at radius 3 is 1.95 bits per heavy atom. The van der Waals surface area contributed by atoms with Crippen molar-refractivity contribution in [2.24, 2.45) is 16.7 Å². The Bertz CT molecular complexity index is 253. The lowest BCUT2D eigenvalue weighted by molar-refractivity contribution is 0.107. The van der Waals surface area contributed by atoms with Crippen molar-refractivity contribution < 1.29 is 5.11 Å². The highest BCUT2D eigenvalue weighted by Crippen LogP contribution is 2.37. The summed E-state index contributed by atoms with van der Waals surface area (Å²) in [6.45, 7) is 14.4. The van der Waals surface area contributed by atoms with E-state index in [4.69, 9.17) is 0 Å². The van der Waals surface area contributed by atoms with Gasteiger partial charge in [-0.3, -0.25) is 0 Å². The van der Waals surface area contributed by atoms with Gasteiger partial charge in [0.15, 0.2) is 0 Å². The van der Waals surface area contributed by atoms with E-state index >= 15 is 0 Å². The first-order chi connectivity index (χ1) is 8.58. The molecule has 1 atom stereocenters. The minimum Gasteiger partial charge on any atom is -0.392 e. The van der Waals surface area contributed by atoms with E-state index in [1.54, 1.807) is 0 Å². The van der Waals surface area contributed by atoms with Crippen LogP contribution in [0.2, 0.25) is 0 Å². The van der Waals surface area contributed by atoms with Crippen LogP contribution in [0.15, 0.2) is 0 Å². The van der Waals surface area contributed by atoms with E-state index in [1.807, 2.05) is 0 Å². The summed E-state index contributed by atoms with van der Waals surface area (Å²) in [6.07, 6.45) is 5.86. The summed E-state index contributed by atoms with van der Waals surface area (Å²) < 4.78 is 0. The minimum absolute atomic E-state index is 0.208. The van der Waals surface area contributed by atoms with Gasteiger partial charge in [0, 0.05) is 12.6 Å². The highest BCUT2D eigenvalue weighted by atomic mass is 16.3. The molecule has 0 aliphatic heterocycles. The fourth-order valence-electron chi connectivity index (χ4n) is 3.25. The maximum Gasteiger partial charge on any atom is 0.0669 e. The maximum atomic E-state index is 10.0. The zero-order valence-corrected chi connectivity index (χ0v) is 13.9. The fourth-order valence-corrected chi connectivity index (χ4v) is 3.25. The molecule has 2 heteroatoms. The van der Waals surface area contributed by atoms with Gasteiger partial charge >= 0.3 is 0 Å². The van der Waals surface area contributed by atoms with Gasteiger partial charge in [0.05, 0.1) is 6.10 Å². The highest BCUT2D eigenvalue weighted by Gasteiger charge is 2.29. The predicted molar refractivity (Wildman–Crippen MR) is 83.3 cm³/mol. The van der Waals surface area contributed by atoms with Crippen LogP contribution in [-0.4, -0.2) is 23.8 Å². The number of aliphatic hydroxyl groups excluding tert-OH is 1. The first kappa shape index (κ1) is 17.0. The second-order valence-electron chi connectivity index (χ2n) is 8.74. The number of hydrogen-bond donors (Lipinski definition) is 2. The van der Waals surface area contributed by atoms with Gasteiger partial charge in [-0.15, -0.1) is 0 Å². The molecule has 0 aromatic heterocycles. The molecule has 1 saturated carbocycles. The Kier molecular flexibility index (Phi) is 5.88. The largest absolute Gasteiger partial charge is 0.392 e. The van der Waals surface area contributed by atoms with Crippen molar-refractivity contribution in [3.05, 3.63) is 0 Å². The van der Waals surface area contributed by atoms with Crippen molar-refractivity contribution >= 4 is 0 Å². The summed E-state index contributed by atoms with van der Waals surface area (Å²) in [5, 5.41) is 13.6. The first-order valence-electron chi connectivity index (χ1n) is 7.99. The van der Waals surface area contributed by atoms with Crippen molar-refractivity contribution in [3.8, 4) is 0 Å². The van der Waals surface area contributed by atoms with E-state index in [0.717, 1.165) is 18.9 Å². The Hall–Kier alpha value is -0.0800. The molecule has 1 fully saturated rings. The van der Waals surface area contributed by atoms with Gasteiger partial charge in [-0.05, 0) is 48.9 Å². The van der Waals surface area contributed by atoms with Gasteiger partial charge in [0.2, 0.25) is 0 Å². The smallest absolute Gasteiger partial charge is 0.0669 e. The van der Waals surface area contributed by atoms with Crippen LogP contribution in [0.5, 0.6) is 0 Å². The van der Waals surface area contributed by atoms with Crippen LogP contribution in [0.4, 0.5) is 0 Å². The van der Waals surface area contributed by atoms with Crippen LogP contribution in [0, 0.1) is 16.7 Å². The first-order valence-corrected chi connectivity index (χ1v) is 7.99. The molecule has 0 bridgehead atoms. The SMILES string of the molecule is CC(C)(C)CC(O)CNC1CCC(C(C)(C)C)CC1. The molecule has 0 aromatic rings. The van der Waals surface area contributed by atoms with E-state index in [1.165, 1.54) is 25.7 Å². The van der Waals surface area contributed by atoms with Crippen molar-refractivity contribution in [1.29, 1.82) is 0 Å². The van der Waals surface area contributed by atoms with Crippen LogP contribution in [-0.2, 0) is 0 Å². The third kappa shape index (κ3) is 6.76. The Balaban J connectivity index is 2.23. The molecule has 2 N–H and O–H groups in total. The number of rotatable bonds is 4. The average molecular weight is 269 g/mol. The van der Waals surface area contributed by atoms with Gasteiger partial charge in [0.1, 0.15) is 0 Å². The van der Waals surface area contributed by atoms with Crippen molar-refractivity contribution in [2.45, 2.75) is 85.8 Å². The average Bonchev–Trinajstić information content (AvgIpc) is 2.23. The second-order valence-corrected chi connectivity index (χ2v) is 8.74. The normalized spacial score (nSPS) is 27.3. The van der Waals surface area contributed by atoms with Crippen molar-refractivity contribution in [1.82, 2.24) is 5.32 Å². The van der Waals surface area contributed by atoms with Gasteiger partial charge in [0.25, 0.3) is 0 Å². The summed E-state index contributed by atoms with van der Waals surface area (Å²) >= 11 is 0. The van der Waals surface area contributed by atoms with Crippen LogP contribution < -0.4 is 5.32 Å². The minimum atomic E-state index is -0.208. The topological polar surface area (TPSA) is 32.3 Å². The number of nitrogens with one attached hydrogen (secondary N) is 1. The monoisotopic (exact) mass is 269 g/mol. The Morgan fingerprint density at radius 2 is 1.53 bits per heavy atom. The Morgan fingerprint density at radius 1 is 1.00 bits per heavy atom. The summed E-state index contributed by atoms with van der Waals surface area (Å²) in [6, 6.07) is 0.619. The third-order valence-electron chi connectivity index (χ3n) is 4.44. The van der Waals surface area contributed by atoms with Crippen molar-refractivity contribution in [3.63, 3.8) is 0 Å². The highest BCUT2D eigenvalue weighted by molar-refractivity contribution is 4.84. The molecule has 0 radical (unpaired) electrons. The summed E-state index contributed by atoms with van der Waals surface area (Å²) in [4.78, 5) is 0. The van der Waals surface area contributed by atoms with Gasteiger partial charge < -0.3 is 10.4 Å². The molecule has 1 aliphatic rings. The van der Waals surface area contributed by atoms with Gasteiger partial charge in [-0.25, -0.2) is 0 Å². The molecule has 0 amide bonds. The number of hydrogen-bond acceptors (Lipinski definition) is 2. The summed E-state index contributed by atoms with van der Waals surface area (Å²) in [7, 11) is 0. The molecular weight excluding hydrogens is 234 g/mol. The molecule has 19 heavy (non-hydrogen) atoms. The summed E-state index contributed by atoms with van der Waals surface area (Å²) in [5.74, 6) is 0.866. The third-order valence-corrected chi connectivity index (χ3v) is 4.44. The van der Waals surface area contributed by atoms with E-state index in [-0.39, 0.29) is 11.5 Å². The van der Waals surface area contributed by atoms with Crippen LogP contribution in [0.3, 0.4) is 0 Å². The molecule has 114 valence electrons. The molecule has 1 unspecified atom stereocenters. The molecule has 2 nitrogen and oxygen atoms in total. The van der Waals surface area contributed by atoms with E-state index in [9.17, 15) is 5.11 Å². The van der Waals surface area contributed by atoms with E-state index in [2.05, 4.69) is 46.9 Å². The zero-order valence-electron chi connectivity index (χ0n) is 13.9. The second kappa shape index (κ2) is 6.58. The molecule has 0 aromatic carbocycles. The standard InChI is InChI=1S/C17H35NO/c1-16(2,3)11-15(19)12-18-14-9-7-13(8-10-14)17(4,5)6/h13-15,18-19H,7-12H2,1-6H3. The van der Waals surface area contributed by atoms with Crippen LogP contribution >= 0.6 is 0 Å². The zero-order chi connectivity index (χ0) is 14.7. The summed E-state index contributed by atoms with van der Waals surface area (Å²) in [5.41, 5.74) is 0.668. The molecule has 1 rings (SSSR count).